The Morgan fingerprint density at radius 3 is 2.75 bits per heavy atom. The number of hydrogen-bond acceptors (Lipinski definition) is 1. The van der Waals surface area contributed by atoms with Crippen molar-refractivity contribution in [1.82, 2.24) is 4.90 Å². The van der Waals surface area contributed by atoms with E-state index in [1.54, 1.807) is 0 Å². The van der Waals surface area contributed by atoms with E-state index in [2.05, 4.69) is 23.7 Å². The molecule has 2 nitrogen and oxygen atoms in total. The maximum atomic E-state index is 4.54. The molecule has 2 heteroatoms. The molecule has 0 unspecified atom stereocenters. The van der Waals surface area contributed by atoms with Gasteiger partial charge in [0.15, 0.2) is 0 Å². The number of likely N-dealkylation sites (tertiary alicyclic amines) is 1. The van der Waals surface area contributed by atoms with Crippen molar-refractivity contribution in [2.24, 2.45) is 4.99 Å². The zero-order chi connectivity index (χ0) is 8.81. The molecule has 0 amide bonds. The van der Waals surface area contributed by atoms with Gasteiger partial charge in [-0.2, -0.15) is 0 Å². The molecule has 70 valence electrons. The van der Waals surface area contributed by atoms with Crippen LogP contribution in [0.15, 0.2) is 4.99 Å². The highest BCUT2D eigenvalue weighted by molar-refractivity contribution is 5.82. The van der Waals surface area contributed by atoms with Gasteiger partial charge >= 0.3 is 0 Å². The SMILES string of the molecule is CC/N=C1/CCCCCN1CC. The van der Waals surface area contributed by atoms with Crippen LogP contribution in [0.3, 0.4) is 0 Å². The van der Waals surface area contributed by atoms with Gasteiger partial charge in [0.2, 0.25) is 0 Å². The standard InChI is InChI=1S/C10H20N2/c1-3-11-10-8-6-5-7-9-12(10)4-2/h3-9H2,1-2H3/b11-10-. The fourth-order valence-corrected chi connectivity index (χ4v) is 1.75. The van der Waals surface area contributed by atoms with E-state index >= 15 is 0 Å². The van der Waals surface area contributed by atoms with E-state index in [0.717, 1.165) is 13.1 Å². The molecule has 0 spiro atoms. The first-order valence-electron chi connectivity index (χ1n) is 5.16. The van der Waals surface area contributed by atoms with Crippen molar-refractivity contribution >= 4 is 5.84 Å². The third-order valence-electron chi connectivity index (χ3n) is 2.42. The van der Waals surface area contributed by atoms with Crippen LogP contribution in [-0.4, -0.2) is 30.4 Å². The maximum Gasteiger partial charge on any atom is 0.0988 e. The van der Waals surface area contributed by atoms with E-state index < -0.39 is 0 Å². The Labute approximate surface area is 75.7 Å². The fourth-order valence-electron chi connectivity index (χ4n) is 1.75. The lowest BCUT2D eigenvalue weighted by molar-refractivity contribution is 0.434. The van der Waals surface area contributed by atoms with Gasteiger partial charge in [-0.05, 0) is 26.7 Å². The normalized spacial score (nSPS) is 22.8. The molecule has 1 rings (SSSR count). The Bertz CT molecular complexity index is 152. The molecule has 0 aromatic rings. The molecule has 0 aromatic heterocycles. The van der Waals surface area contributed by atoms with E-state index in [4.69, 9.17) is 0 Å². The molecule has 0 bridgehead atoms. The van der Waals surface area contributed by atoms with Crippen LogP contribution in [-0.2, 0) is 0 Å². The quantitative estimate of drug-likeness (QED) is 0.617. The van der Waals surface area contributed by atoms with Crippen molar-refractivity contribution in [3.05, 3.63) is 0 Å². The van der Waals surface area contributed by atoms with Crippen molar-refractivity contribution in [2.75, 3.05) is 19.6 Å². The molecule has 0 N–H and O–H groups in total. The summed E-state index contributed by atoms with van der Waals surface area (Å²) < 4.78 is 0. The highest BCUT2D eigenvalue weighted by Gasteiger charge is 2.11. The molecule has 0 atom stereocenters. The van der Waals surface area contributed by atoms with E-state index in [1.165, 1.54) is 38.1 Å². The monoisotopic (exact) mass is 168 g/mol. The summed E-state index contributed by atoms with van der Waals surface area (Å²) in [5.74, 6) is 1.34. The zero-order valence-electron chi connectivity index (χ0n) is 8.34. The lowest BCUT2D eigenvalue weighted by atomic mass is 10.2. The van der Waals surface area contributed by atoms with E-state index in [9.17, 15) is 0 Å². The Kier molecular flexibility index (Phi) is 4.12. The average Bonchev–Trinajstić information content (AvgIpc) is 2.30. The zero-order valence-corrected chi connectivity index (χ0v) is 8.34. The van der Waals surface area contributed by atoms with Crippen LogP contribution in [0.4, 0.5) is 0 Å². The first-order valence-corrected chi connectivity index (χ1v) is 5.16. The van der Waals surface area contributed by atoms with Crippen molar-refractivity contribution < 1.29 is 0 Å². The maximum absolute atomic E-state index is 4.54. The van der Waals surface area contributed by atoms with Crippen LogP contribution in [0.1, 0.15) is 39.5 Å². The number of amidine groups is 1. The molecule has 1 fully saturated rings. The molecular formula is C10H20N2. The summed E-state index contributed by atoms with van der Waals surface area (Å²) in [5, 5.41) is 0. The number of nitrogens with zero attached hydrogens (tertiary/aromatic N) is 2. The van der Waals surface area contributed by atoms with Gasteiger partial charge in [-0.15, -0.1) is 0 Å². The largest absolute Gasteiger partial charge is 0.361 e. The van der Waals surface area contributed by atoms with Crippen LogP contribution >= 0.6 is 0 Å². The van der Waals surface area contributed by atoms with Gasteiger partial charge in [-0.3, -0.25) is 4.99 Å². The van der Waals surface area contributed by atoms with Gasteiger partial charge in [0.1, 0.15) is 0 Å². The second-order valence-electron chi connectivity index (χ2n) is 3.28. The molecule has 12 heavy (non-hydrogen) atoms. The Morgan fingerprint density at radius 1 is 1.25 bits per heavy atom. The predicted molar refractivity (Wildman–Crippen MR) is 53.7 cm³/mol. The minimum Gasteiger partial charge on any atom is -0.361 e. The highest BCUT2D eigenvalue weighted by Crippen LogP contribution is 2.11. The lowest BCUT2D eigenvalue weighted by Crippen LogP contribution is -2.30. The summed E-state index contributed by atoms with van der Waals surface area (Å²) in [6, 6.07) is 0. The van der Waals surface area contributed by atoms with Crippen molar-refractivity contribution in [1.29, 1.82) is 0 Å². The Morgan fingerprint density at radius 2 is 2.08 bits per heavy atom. The molecule has 0 aromatic carbocycles. The second kappa shape index (κ2) is 5.18. The highest BCUT2D eigenvalue weighted by atomic mass is 15.2. The lowest BCUT2D eigenvalue weighted by Gasteiger charge is -2.21. The van der Waals surface area contributed by atoms with Gasteiger partial charge < -0.3 is 4.90 Å². The molecule has 0 radical (unpaired) electrons. The Balaban J connectivity index is 2.57. The molecule has 0 saturated carbocycles. The molecular weight excluding hydrogens is 148 g/mol. The first-order chi connectivity index (χ1) is 5.88. The van der Waals surface area contributed by atoms with Crippen LogP contribution in [0.2, 0.25) is 0 Å². The van der Waals surface area contributed by atoms with Crippen LogP contribution in [0.25, 0.3) is 0 Å². The Hall–Kier alpha value is -0.530. The minimum absolute atomic E-state index is 0.936. The first kappa shape index (κ1) is 9.56. The van der Waals surface area contributed by atoms with E-state index in [0.29, 0.717) is 0 Å². The van der Waals surface area contributed by atoms with Gasteiger partial charge in [0.05, 0.1) is 5.84 Å². The van der Waals surface area contributed by atoms with E-state index in [1.807, 2.05) is 0 Å². The van der Waals surface area contributed by atoms with E-state index in [-0.39, 0.29) is 0 Å². The molecule has 1 saturated heterocycles. The van der Waals surface area contributed by atoms with Crippen LogP contribution in [0, 0.1) is 0 Å². The molecule has 1 aliphatic rings. The number of hydrogen-bond donors (Lipinski definition) is 0. The molecule has 0 aliphatic carbocycles. The molecule has 1 heterocycles. The molecule has 1 aliphatic heterocycles. The van der Waals surface area contributed by atoms with Crippen LogP contribution in [0.5, 0.6) is 0 Å². The average molecular weight is 168 g/mol. The summed E-state index contributed by atoms with van der Waals surface area (Å²) in [4.78, 5) is 6.97. The summed E-state index contributed by atoms with van der Waals surface area (Å²) >= 11 is 0. The van der Waals surface area contributed by atoms with Crippen molar-refractivity contribution in [3.63, 3.8) is 0 Å². The van der Waals surface area contributed by atoms with Crippen LogP contribution < -0.4 is 0 Å². The summed E-state index contributed by atoms with van der Waals surface area (Å²) in [5.41, 5.74) is 0. The summed E-state index contributed by atoms with van der Waals surface area (Å²) in [6.45, 7) is 7.61. The number of rotatable bonds is 2. The third kappa shape index (κ3) is 2.50. The topological polar surface area (TPSA) is 15.6 Å². The predicted octanol–water partition coefficient (Wildman–Crippen LogP) is 2.30. The second-order valence-corrected chi connectivity index (χ2v) is 3.28. The fraction of sp³-hybridized carbons (Fsp3) is 0.900. The van der Waals surface area contributed by atoms with Gasteiger partial charge in [-0.25, -0.2) is 0 Å². The van der Waals surface area contributed by atoms with Gasteiger partial charge in [-0.1, -0.05) is 6.42 Å². The minimum atomic E-state index is 0.936. The summed E-state index contributed by atoms with van der Waals surface area (Å²) in [6.07, 6.45) is 5.24. The third-order valence-corrected chi connectivity index (χ3v) is 2.42. The van der Waals surface area contributed by atoms with Gasteiger partial charge in [0.25, 0.3) is 0 Å². The summed E-state index contributed by atoms with van der Waals surface area (Å²) in [7, 11) is 0. The van der Waals surface area contributed by atoms with Crippen molar-refractivity contribution in [3.8, 4) is 0 Å². The van der Waals surface area contributed by atoms with Crippen molar-refractivity contribution in [2.45, 2.75) is 39.5 Å². The smallest absolute Gasteiger partial charge is 0.0988 e. The number of aliphatic imine (C=N–C) groups is 1. The van der Waals surface area contributed by atoms with Gasteiger partial charge in [0, 0.05) is 26.1 Å².